The zero-order valence-electron chi connectivity index (χ0n) is 19.6. The highest BCUT2D eigenvalue weighted by Gasteiger charge is 2.27. The van der Waals surface area contributed by atoms with Crippen LogP contribution in [0.15, 0.2) is 84.9 Å². The molecule has 35 heavy (non-hydrogen) atoms. The predicted molar refractivity (Wildman–Crippen MR) is 134 cm³/mol. The van der Waals surface area contributed by atoms with E-state index in [4.69, 9.17) is 9.47 Å². The molecule has 1 amide bonds. The Morgan fingerprint density at radius 2 is 1.86 bits per heavy atom. The van der Waals surface area contributed by atoms with Crippen molar-refractivity contribution in [2.45, 2.75) is 19.2 Å². The highest BCUT2D eigenvalue weighted by Crippen LogP contribution is 2.34. The van der Waals surface area contributed by atoms with Gasteiger partial charge in [-0.1, -0.05) is 66.7 Å². The summed E-state index contributed by atoms with van der Waals surface area (Å²) in [5.41, 5.74) is 4.76. The van der Waals surface area contributed by atoms with Gasteiger partial charge in [0.25, 0.3) is 0 Å². The van der Waals surface area contributed by atoms with Gasteiger partial charge in [0.15, 0.2) is 0 Å². The summed E-state index contributed by atoms with van der Waals surface area (Å²) in [6.07, 6.45) is -0.261. The Morgan fingerprint density at radius 3 is 2.71 bits per heavy atom. The van der Waals surface area contributed by atoms with E-state index in [2.05, 4.69) is 20.4 Å². The standard InChI is InChI=1S/C28H28N4O3/c1-34-26-14-8-6-12-23(26)27-18-32(17-21-11-5-7-13-25(21)35-27)19-28(33)29-16-22-15-24(31-30-22)20-9-3-2-4-10-20/h2-15,27H,16-19H2,1H3,(H,29,33)(H,30,31). The van der Waals surface area contributed by atoms with Gasteiger partial charge in [0, 0.05) is 29.8 Å². The molecular formula is C28H28N4O3. The molecule has 0 aliphatic carbocycles. The number of nitrogens with one attached hydrogen (secondary N) is 2. The number of rotatable bonds is 7. The van der Waals surface area contributed by atoms with Crippen molar-refractivity contribution in [2.75, 3.05) is 20.2 Å². The molecule has 0 bridgehead atoms. The second-order valence-corrected chi connectivity index (χ2v) is 8.55. The van der Waals surface area contributed by atoms with Crippen LogP contribution in [-0.4, -0.2) is 41.2 Å². The van der Waals surface area contributed by atoms with Crippen LogP contribution in [0.1, 0.15) is 22.9 Å². The van der Waals surface area contributed by atoms with Crippen molar-refractivity contribution in [3.8, 4) is 22.8 Å². The molecule has 2 heterocycles. The topological polar surface area (TPSA) is 79.5 Å². The number of hydrogen-bond donors (Lipinski definition) is 2. The first kappa shape index (κ1) is 22.7. The van der Waals surface area contributed by atoms with Crippen LogP contribution < -0.4 is 14.8 Å². The number of carbonyl (C=O) groups is 1. The first-order valence-electron chi connectivity index (χ1n) is 11.7. The molecule has 3 aromatic carbocycles. The Kier molecular flexibility index (Phi) is 6.77. The first-order valence-corrected chi connectivity index (χ1v) is 11.7. The molecule has 0 radical (unpaired) electrons. The number of ether oxygens (including phenoxy) is 2. The second-order valence-electron chi connectivity index (χ2n) is 8.55. The van der Waals surface area contributed by atoms with Gasteiger partial charge in [0.1, 0.15) is 17.6 Å². The Morgan fingerprint density at radius 1 is 1.09 bits per heavy atom. The number of carbonyl (C=O) groups excluding carboxylic acids is 1. The third kappa shape index (κ3) is 5.36. The maximum atomic E-state index is 12.9. The van der Waals surface area contributed by atoms with Crippen molar-refractivity contribution in [3.63, 3.8) is 0 Å². The van der Waals surface area contributed by atoms with Crippen LogP contribution in [0.4, 0.5) is 0 Å². The highest BCUT2D eigenvalue weighted by molar-refractivity contribution is 5.78. The van der Waals surface area contributed by atoms with E-state index in [1.807, 2.05) is 84.9 Å². The van der Waals surface area contributed by atoms with Gasteiger partial charge in [-0.15, -0.1) is 0 Å². The molecule has 4 aromatic rings. The molecule has 1 aromatic heterocycles. The first-order chi connectivity index (χ1) is 17.2. The number of fused-ring (bicyclic) bond motifs is 1. The van der Waals surface area contributed by atoms with Gasteiger partial charge in [-0.25, -0.2) is 0 Å². The lowest BCUT2D eigenvalue weighted by atomic mass is 10.1. The van der Waals surface area contributed by atoms with Gasteiger partial charge in [-0.05, 0) is 18.2 Å². The van der Waals surface area contributed by atoms with Crippen LogP contribution in [0.2, 0.25) is 0 Å². The predicted octanol–water partition coefficient (Wildman–Crippen LogP) is 4.34. The molecule has 0 saturated heterocycles. The molecule has 1 atom stereocenters. The minimum Gasteiger partial charge on any atom is -0.496 e. The van der Waals surface area contributed by atoms with Gasteiger partial charge in [0.2, 0.25) is 5.91 Å². The largest absolute Gasteiger partial charge is 0.496 e. The number of aromatic nitrogens is 2. The molecule has 1 aliphatic rings. The Hall–Kier alpha value is -4.10. The number of amides is 1. The lowest BCUT2D eigenvalue weighted by Gasteiger charge is -2.24. The fourth-order valence-corrected chi connectivity index (χ4v) is 4.36. The summed E-state index contributed by atoms with van der Waals surface area (Å²) in [7, 11) is 1.66. The molecule has 0 fully saturated rings. The Labute approximate surface area is 204 Å². The van der Waals surface area contributed by atoms with E-state index in [1.165, 1.54) is 0 Å². The molecular weight excluding hydrogens is 440 g/mol. The zero-order chi connectivity index (χ0) is 24.0. The lowest BCUT2D eigenvalue weighted by Crippen LogP contribution is -2.38. The number of nitrogens with zero attached hydrogens (tertiary/aromatic N) is 2. The number of benzene rings is 3. The van der Waals surface area contributed by atoms with Crippen LogP contribution in [-0.2, 0) is 17.9 Å². The molecule has 0 spiro atoms. The van der Waals surface area contributed by atoms with E-state index >= 15 is 0 Å². The number of para-hydroxylation sites is 2. The number of hydrogen-bond acceptors (Lipinski definition) is 5. The van der Waals surface area contributed by atoms with Gasteiger partial charge >= 0.3 is 0 Å². The summed E-state index contributed by atoms with van der Waals surface area (Å²) < 4.78 is 12.0. The van der Waals surface area contributed by atoms with Crippen molar-refractivity contribution in [3.05, 3.63) is 102 Å². The van der Waals surface area contributed by atoms with E-state index in [1.54, 1.807) is 7.11 Å². The van der Waals surface area contributed by atoms with Crippen molar-refractivity contribution in [1.82, 2.24) is 20.4 Å². The molecule has 2 N–H and O–H groups in total. The molecule has 1 aliphatic heterocycles. The summed E-state index contributed by atoms with van der Waals surface area (Å²) in [5.74, 6) is 1.55. The average Bonchev–Trinajstić information content (AvgIpc) is 3.30. The minimum absolute atomic E-state index is 0.0565. The smallest absolute Gasteiger partial charge is 0.234 e. The van der Waals surface area contributed by atoms with Crippen LogP contribution >= 0.6 is 0 Å². The zero-order valence-corrected chi connectivity index (χ0v) is 19.6. The third-order valence-corrected chi connectivity index (χ3v) is 6.09. The SMILES string of the molecule is COc1ccccc1C1CN(CC(=O)NCc2cc(-c3ccccc3)n[nH]2)Cc2ccccc2O1. The third-order valence-electron chi connectivity index (χ3n) is 6.09. The Bertz CT molecular complexity index is 1290. The van der Waals surface area contributed by atoms with E-state index in [0.29, 0.717) is 19.6 Å². The van der Waals surface area contributed by atoms with Gasteiger partial charge in [-0.3, -0.25) is 14.8 Å². The van der Waals surface area contributed by atoms with Crippen molar-refractivity contribution >= 4 is 5.91 Å². The monoisotopic (exact) mass is 468 g/mol. The maximum absolute atomic E-state index is 12.9. The van der Waals surface area contributed by atoms with E-state index < -0.39 is 0 Å². The van der Waals surface area contributed by atoms with E-state index in [-0.39, 0.29) is 18.6 Å². The van der Waals surface area contributed by atoms with Crippen LogP contribution in [0.25, 0.3) is 11.3 Å². The number of H-pyrrole nitrogens is 1. The van der Waals surface area contributed by atoms with E-state index in [0.717, 1.165) is 39.6 Å². The normalized spacial score (nSPS) is 15.5. The van der Waals surface area contributed by atoms with Crippen molar-refractivity contribution < 1.29 is 14.3 Å². The van der Waals surface area contributed by atoms with Crippen molar-refractivity contribution in [1.29, 1.82) is 0 Å². The Balaban J connectivity index is 1.27. The van der Waals surface area contributed by atoms with Crippen LogP contribution in [0.3, 0.4) is 0 Å². The summed E-state index contributed by atoms with van der Waals surface area (Å²) in [4.78, 5) is 15.0. The van der Waals surface area contributed by atoms with Crippen molar-refractivity contribution in [2.24, 2.45) is 0 Å². The lowest BCUT2D eigenvalue weighted by molar-refractivity contribution is -0.122. The van der Waals surface area contributed by atoms with Gasteiger partial charge in [0.05, 0.1) is 31.6 Å². The van der Waals surface area contributed by atoms with Gasteiger partial charge in [-0.2, -0.15) is 5.10 Å². The quantitative estimate of drug-likeness (QED) is 0.422. The number of aromatic amines is 1. The van der Waals surface area contributed by atoms with E-state index in [9.17, 15) is 4.79 Å². The summed E-state index contributed by atoms with van der Waals surface area (Å²) in [5, 5.41) is 10.4. The fourth-order valence-electron chi connectivity index (χ4n) is 4.36. The average molecular weight is 469 g/mol. The number of methoxy groups -OCH3 is 1. The summed E-state index contributed by atoms with van der Waals surface area (Å²) >= 11 is 0. The molecule has 1 unspecified atom stereocenters. The van der Waals surface area contributed by atoms with Crippen LogP contribution in [0, 0.1) is 0 Å². The second kappa shape index (κ2) is 10.4. The highest BCUT2D eigenvalue weighted by atomic mass is 16.5. The summed E-state index contributed by atoms with van der Waals surface area (Å²) in [6, 6.07) is 27.8. The molecule has 5 rings (SSSR count). The molecule has 7 heteroatoms. The van der Waals surface area contributed by atoms with Gasteiger partial charge < -0.3 is 14.8 Å². The minimum atomic E-state index is -0.261. The molecule has 7 nitrogen and oxygen atoms in total. The maximum Gasteiger partial charge on any atom is 0.234 e. The van der Waals surface area contributed by atoms with Crippen LogP contribution in [0.5, 0.6) is 11.5 Å². The molecule has 178 valence electrons. The molecule has 0 saturated carbocycles. The fraction of sp³-hybridized carbons (Fsp3) is 0.214. The summed E-state index contributed by atoms with van der Waals surface area (Å²) in [6.45, 7) is 1.82.